The van der Waals surface area contributed by atoms with Crippen LogP contribution in [0.5, 0.6) is 0 Å². The summed E-state index contributed by atoms with van der Waals surface area (Å²) in [5, 5.41) is 3.78. The van der Waals surface area contributed by atoms with Gasteiger partial charge in [-0.1, -0.05) is 60.7 Å². The molecule has 148 valence electrons. The van der Waals surface area contributed by atoms with Crippen molar-refractivity contribution in [2.45, 2.75) is 18.9 Å². The lowest BCUT2D eigenvalue weighted by Gasteiger charge is -2.18. The van der Waals surface area contributed by atoms with Crippen LogP contribution >= 0.6 is 0 Å². The van der Waals surface area contributed by atoms with Crippen molar-refractivity contribution in [3.05, 3.63) is 108 Å². The summed E-state index contributed by atoms with van der Waals surface area (Å²) in [6, 6.07) is 23.7. The van der Waals surface area contributed by atoms with Crippen LogP contribution in [-0.4, -0.2) is 27.7 Å². The van der Waals surface area contributed by atoms with Crippen molar-refractivity contribution in [3.8, 4) is 0 Å². The molecule has 0 saturated carbocycles. The Morgan fingerprint density at radius 1 is 0.867 bits per heavy atom. The second kappa shape index (κ2) is 9.09. The van der Waals surface area contributed by atoms with Gasteiger partial charge < -0.3 is 5.32 Å². The molecule has 0 aliphatic heterocycles. The van der Waals surface area contributed by atoms with Gasteiger partial charge >= 0.3 is 0 Å². The van der Waals surface area contributed by atoms with E-state index in [2.05, 4.69) is 15.3 Å². The number of nitrogens with one attached hydrogen (secondary N) is 1. The zero-order chi connectivity index (χ0) is 20.8. The molecular formula is C25H21N3O2. The predicted octanol–water partition coefficient (Wildman–Crippen LogP) is 3.78. The lowest BCUT2D eigenvalue weighted by molar-refractivity contribution is -0.120. The van der Waals surface area contributed by atoms with Crippen molar-refractivity contribution < 1.29 is 9.59 Å². The number of benzene rings is 3. The number of fused-ring (bicyclic) bond motifs is 1. The first-order chi connectivity index (χ1) is 14.7. The molecule has 1 unspecified atom stereocenters. The summed E-state index contributed by atoms with van der Waals surface area (Å²) in [5.74, 6) is -0.314. The third kappa shape index (κ3) is 4.58. The van der Waals surface area contributed by atoms with E-state index < -0.39 is 6.04 Å². The Bertz CT molecular complexity index is 1160. The van der Waals surface area contributed by atoms with Crippen molar-refractivity contribution in [1.82, 2.24) is 15.3 Å². The fraction of sp³-hybridized carbons (Fsp3) is 0.120. The number of carbonyl (C=O) groups excluding carboxylic acids is 2. The molecule has 0 saturated heterocycles. The summed E-state index contributed by atoms with van der Waals surface area (Å²) in [5.41, 5.74) is 3.17. The first-order valence-electron chi connectivity index (χ1n) is 9.81. The number of ketones is 1. The molecule has 0 aliphatic carbocycles. The van der Waals surface area contributed by atoms with Gasteiger partial charge in [0.1, 0.15) is 6.33 Å². The second-order valence-corrected chi connectivity index (χ2v) is 7.10. The van der Waals surface area contributed by atoms with Crippen LogP contribution in [0.2, 0.25) is 0 Å². The van der Waals surface area contributed by atoms with Crippen LogP contribution in [-0.2, 0) is 17.6 Å². The minimum absolute atomic E-state index is 0.0560. The fourth-order valence-electron chi connectivity index (χ4n) is 3.46. The zero-order valence-electron chi connectivity index (χ0n) is 16.4. The van der Waals surface area contributed by atoms with Gasteiger partial charge in [-0.05, 0) is 35.7 Å². The van der Waals surface area contributed by atoms with Crippen molar-refractivity contribution in [1.29, 1.82) is 0 Å². The van der Waals surface area contributed by atoms with E-state index in [0.717, 1.165) is 22.0 Å². The molecule has 1 aromatic heterocycles. The van der Waals surface area contributed by atoms with Crippen LogP contribution in [0.15, 0.2) is 91.4 Å². The van der Waals surface area contributed by atoms with Gasteiger partial charge in [0.2, 0.25) is 0 Å². The number of aromatic nitrogens is 2. The molecule has 0 spiro atoms. The third-order valence-electron chi connectivity index (χ3n) is 5.02. The van der Waals surface area contributed by atoms with E-state index in [9.17, 15) is 9.59 Å². The van der Waals surface area contributed by atoms with Gasteiger partial charge in [-0.25, -0.2) is 9.97 Å². The highest BCUT2D eigenvalue weighted by Crippen LogP contribution is 2.17. The van der Waals surface area contributed by atoms with Crippen molar-refractivity contribution in [2.75, 3.05) is 0 Å². The average molecular weight is 395 g/mol. The Labute approximate surface area is 174 Å². The van der Waals surface area contributed by atoms with E-state index in [-0.39, 0.29) is 18.1 Å². The van der Waals surface area contributed by atoms with Crippen LogP contribution < -0.4 is 5.32 Å². The molecular weight excluding hydrogens is 374 g/mol. The Hall–Kier alpha value is -3.86. The lowest BCUT2D eigenvalue weighted by Crippen LogP contribution is -2.43. The van der Waals surface area contributed by atoms with Gasteiger partial charge in [0.15, 0.2) is 5.78 Å². The van der Waals surface area contributed by atoms with E-state index in [1.807, 2.05) is 54.6 Å². The maximum atomic E-state index is 13.3. The fourth-order valence-corrected chi connectivity index (χ4v) is 3.46. The molecule has 1 heterocycles. The van der Waals surface area contributed by atoms with Gasteiger partial charge in [-0.15, -0.1) is 0 Å². The molecule has 1 atom stereocenters. The zero-order valence-corrected chi connectivity index (χ0v) is 16.4. The lowest BCUT2D eigenvalue weighted by atomic mass is 9.96. The van der Waals surface area contributed by atoms with Gasteiger partial charge in [0.05, 0.1) is 11.6 Å². The Balaban J connectivity index is 1.59. The third-order valence-corrected chi connectivity index (χ3v) is 5.02. The standard InChI is InChI=1S/C25H21N3O2/c29-24(15-20-12-7-13-22-21(20)16-26-17-27-22)23(14-18-8-3-1-4-9-18)28-25(30)19-10-5-2-6-11-19/h1-13,16-17,23H,14-15H2,(H,28,30). The number of nitrogens with zero attached hydrogens (tertiary/aromatic N) is 2. The van der Waals surface area contributed by atoms with Crippen LogP contribution in [0, 0.1) is 0 Å². The van der Waals surface area contributed by atoms with Gasteiger partial charge in [0.25, 0.3) is 5.91 Å². The van der Waals surface area contributed by atoms with Crippen molar-refractivity contribution in [3.63, 3.8) is 0 Å². The molecule has 5 nitrogen and oxygen atoms in total. The summed E-state index contributed by atoms with van der Waals surface area (Å²) < 4.78 is 0. The smallest absolute Gasteiger partial charge is 0.251 e. The quantitative estimate of drug-likeness (QED) is 0.517. The minimum atomic E-state index is -0.639. The number of hydrogen-bond acceptors (Lipinski definition) is 4. The summed E-state index contributed by atoms with van der Waals surface area (Å²) >= 11 is 0. The Morgan fingerprint density at radius 3 is 2.37 bits per heavy atom. The molecule has 5 heteroatoms. The predicted molar refractivity (Wildman–Crippen MR) is 116 cm³/mol. The number of carbonyl (C=O) groups is 2. The Morgan fingerprint density at radius 2 is 1.60 bits per heavy atom. The summed E-state index contributed by atoms with van der Waals surface area (Å²) in [6.07, 6.45) is 3.84. The van der Waals surface area contributed by atoms with Crippen LogP contribution in [0.25, 0.3) is 10.9 Å². The van der Waals surface area contributed by atoms with E-state index in [0.29, 0.717) is 12.0 Å². The summed E-state index contributed by atoms with van der Waals surface area (Å²) in [6.45, 7) is 0. The van der Waals surface area contributed by atoms with E-state index in [4.69, 9.17) is 0 Å². The average Bonchev–Trinajstić information content (AvgIpc) is 2.80. The van der Waals surface area contributed by atoms with Gasteiger partial charge in [0, 0.05) is 23.6 Å². The molecule has 0 radical (unpaired) electrons. The second-order valence-electron chi connectivity index (χ2n) is 7.10. The summed E-state index contributed by atoms with van der Waals surface area (Å²) in [4.78, 5) is 34.4. The molecule has 1 N–H and O–H groups in total. The molecule has 4 rings (SSSR count). The van der Waals surface area contributed by atoms with E-state index in [1.165, 1.54) is 6.33 Å². The monoisotopic (exact) mass is 395 g/mol. The molecule has 0 aliphatic rings. The van der Waals surface area contributed by atoms with Gasteiger partial charge in [-0.2, -0.15) is 0 Å². The topological polar surface area (TPSA) is 72.0 Å². The molecule has 30 heavy (non-hydrogen) atoms. The first kappa shape index (κ1) is 19.5. The molecule has 3 aromatic carbocycles. The SMILES string of the molecule is O=C(NC(Cc1ccccc1)C(=O)Cc1cccc2ncncc12)c1ccccc1. The maximum Gasteiger partial charge on any atom is 0.251 e. The minimum Gasteiger partial charge on any atom is -0.342 e. The molecule has 4 aromatic rings. The summed E-state index contributed by atoms with van der Waals surface area (Å²) in [7, 11) is 0. The van der Waals surface area contributed by atoms with E-state index >= 15 is 0 Å². The Kier molecular flexibility index (Phi) is 5.90. The highest BCUT2D eigenvalue weighted by atomic mass is 16.2. The number of Topliss-reactive ketones (excluding diaryl/α,β-unsaturated/α-hetero) is 1. The number of rotatable bonds is 7. The van der Waals surface area contributed by atoms with Crippen LogP contribution in [0.1, 0.15) is 21.5 Å². The van der Waals surface area contributed by atoms with E-state index in [1.54, 1.807) is 30.5 Å². The molecule has 0 fully saturated rings. The highest BCUT2D eigenvalue weighted by molar-refractivity contribution is 5.99. The highest BCUT2D eigenvalue weighted by Gasteiger charge is 2.22. The number of hydrogen-bond donors (Lipinski definition) is 1. The van der Waals surface area contributed by atoms with Crippen molar-refractivity contribution in [2.24, 2.45) is 0 Å². The number of amides is 1. The van der Waals surface area contributed by atoms with Crippen LogP contribution in [0.4, 0.5) is 0 Å². The van der Waals surface area contributed by atoms with Crippen molar-refractivity contribution >= 4 is 22.6 Å². The maximum absolute atomic E-state index is 13.3. The normalized spacial score (nSPS) is 11.7. The first-order valence-corrected chi connectivity index (χ1v) is 9.81. The molecule has 1 amide bonds. The molecule has 0 bridgehead atoms. The van der Waals surface area contributed by atoms with Gasteiger partial charge in [-0.3, -0.25) is 9.59 Å². The van der Waals surface area contributed by atoms with Crippen LogP contribution in [0.3, 0.4) is 0 Å². The largest absolute Gasteiger partial charge is 0.342 e.